The average molecular weight is 212 g/mol. The van der Waals surface area contributed by atoms with Crippen molar-refractivity contribution in [3.05, 3.63) is 0 Å². The highest BCUT2D eigenvalue weighted by Crippen LogP contribution is 1.21. The van der Waals surface area contributed by atoms with Crippen molar-refractivity contribution in [2.45, 2.75) is 27.7 Å². The van der Waals surface area contributed by atoms with Crippen molar-refractivity contribution in [1.82, 2.24) is 0 Å². The average Bonchev–Trinajstić information content (AvgIpc) is 2.12. The lowest BCUT2D eigenvalue weighted by Gasteiger charge is -1.53. The highest BCUT2D eigenvalue weighted by molar-refractivity contribution is 4.01. The molecule has 0 heterocycles. The molecule has 12 N–H and O–H groups in total. The molecule has 0 radical (unpaired) electrons. The van der Waals surface area contributed by atoms with Gasteiger partial charge in [0.05, 0.1) is 0 Å². The minimum absolute atomic E-state index is 0.750. The Kier molecular flexibility index (Phi) is 260. The van der Waals surface area contributed by atoms with Crippen molar-refractivity contribution in [2.24, 2.45) is 34.6 Å². The molecule has 0 rings (SSSR count). The summed E-state index contributed by atoms with van der Waals surface area (Å²) in [5.74, 6) is 8.00. The first-order chi connectivity index (χ1) is 6.66. The number of rotatable bonds is 0. The molecule has 14 heavy (non-hydrogen) atoms. The Hall–Kier alpha value is -0.240. The highest BCUT2D eigenvalue weighted by atomic mass is 15.0. The summed E-state index contributed by atoms with van der Waals surface area (Å²) in [4.78, 5) is 0. The van der Waals surface area contributed by atoms with Gasteiger partial charge in [-0.25, -0.2) is 0 Å². The standard InChI is InChI=1S/4C2H7N.H4N2/c4*1-2-3;1-2/h4*2-3H2,1H3;1-2H2. The molecule has 0 aromatic heterocycles. The van der Waals surface area contributed by atoms with Gasteiger partial charge in [-0.1, -0.05) is 27.7 Å². The zero-order chi connectivity index (χ0) is 12.8. The summed E-state index contributed by atoms with van der Waals surface area (Å²) in [7, 11) is 0. The highest BCUT2D eigenvalue weighted by Gasteiger charge is 1.33. The van der Waals surface area contributed by atoms with Gasteiger partial charge < -0.3 is 22.9 Å². The van der Waals surface area contributed by atoms with Crippen LogP contribution < -0.4 is 34.6 Å². The van der Waals surface area contributed by atoms with Crippen molar-refractivity contribution in [2.75, 3.05) is 26.2 Å². The Morgan fingerprint density at radius 1 is 0.500 bits per heavy atom. The molecule has 0 fully saturated rings. The van der Waals surface area contributed by atoms with E-state index in [9.17, 15) is 0 Å². The van der Waals surface area contributed by atoms with Gasteiger partial charge in [-0.15, -0.1) is 0 Å². The number of hydrogen-bond acceptors (Lipinski definition) is 6. The van der Waals surface area contributed by atoms with E-state index in [4.69, 9.17) is 22.9 Å². The SMILES string of the molecule is CCN.CCN.CCN.CCN.NN. The molecule has 0 bridgehead atoms. The smallest absolute Gasteiger partial charge is 0.0106 e. The molecule has 0 saturated carbocycles. The summed E-state index contributed by atoms with van der Waals surface area (Å²) in [5, 5.41) is 0. The molecule has 0 aromatic carbocycles. The summed E-state index contributed by atoms with van der Waals surface area (Å²) in [6.45, 7) is 10.6. The van der Waals surface area contributed by atoms with E-state index in [0.29, 0.717) is 0 Å². The van der Waals surface area contributed by atoms with E-state index in [2.05, 4.69) is 11.7 Å². The predicted molar refractivity (Wildman–Crippen MR) is 67.3 cm³/mol. The van der Waals surface area contributed by atoms with Gasteiger partial charge in [0.25, 0.3) is 0 Å². The summed E-state index contributed by atoms with van der Waals surface area (Å²) < 4.78 is 0. The number of hydrogen-bond donors (Lipinski definition) is 6. The van der Waals surface area contributed by atoms with Crippen LogP contribution in [0.15, 0.2) is 0 Å². The van der Waals surface area contributed by atoms with Crippen molar-refractivity contribution in [1.29, 1.82) is 0 Å². The number of nitrogens with two attached hydrogens (primary N) is 6. The van der Waals surface area contributed by atoms with E-state index >= 15 is 0 Å². The van der Waals surface area contributed by atoms with Gasteiger partial charge in [-0.2, -0.15) is 0 Å². The van der Waals surface area contributed by atoms with Gasteiger partial charge >= 0.3 is 0 Å². The zero-order valence-corrected chi connectivity index (χ0v) is 10.3. The Labute approximate surface area is 89.3 Å². The van der Waals surface area contributed by atoms with Crippen LogP contribution in [0.25, 0.3) is 0 Å². The normalized spacial score (nSPS) is 5.57. The molecular weight excluding hydrogens is 180 g/mol. The van der Waals surface area contributed by atoms with Gasteiger partial charge in [0.1, 0.15) is 0 Å². The van der Waals surface area contributed by atoms with Gasteiger partial charge in [0, 0.05) is 0 Å². The van der Waals surface area contributed by atoms with Gasteiger partial charge in [0.15, 0.2) is 0 Å². The molecule has 0 unspecified atom stereocenters. The fraction of sp³-hybridized carbons (Fsp3) is 1.00. The first-order valence-electron chi connectivity index (χ1n) is 4.79. The Balaban J connectivity index is -0.0000000243. The van der Waals surface area contributed by atoms with Crippen LogP contribution in [0.2, 0.25) is 0 Å². The maximum atomic E-state index is 4.85. The van der Waals surface area contributed by atoms with Crippen LogP contribution in [-0.4, -0.2) is 26.2 Å². The maximum Gasteiger partial charge on any atom is -0.0106 e. The Morgan fingerprint density at radius 3 is 0.500 bits per heavy atom. The van der Waals surface area contributed by atoms with E-state index in [1.54, 1.807) is 0 Å². The lowest BCUT2D eigenvalue weighted by atomic mass is 10.8. The fourth-order valence-corrected chi connectivity index (χ4v) is 0. The molecule has 0 atom stereocenters. The fourth-order valence-electron chi connectivity index (χ4n) is 0. The maximum absolute atomic E-state index is 4.85. The van der Waals surface area contributed by atoms with Gasteiger partial charge in [-0.05, 0) is 26.2 Å². The van der Waals surface area contributed by atoms with Crippen molar-refractivity contribution in [3.8, 4) is 0 Å². The van der Waals surface area contributed by atoms with Crippen LogP contribution in [-0.2, 0) is 0 Å². The predicted octanol–water partition coefficient (Wildman–Crippen LogP) is -1.32. The quantitative estimate of drug-likeness (QED) is 0.216. The molecule has 0 spiro atoms. The van der Waals surface area contributed by atoms with Crippen LogP contribution in [0.3, 0.4) is 0 Å². The summed E-state index contributed by atoms with van der Waals surface area (Å²) in [6.07, 6.45) is 0. The molecule has 94 valence electrons. The topological polar surface area (TPSA) is 156 Å². The van der Waals surface area contributed by atoms with Gasteiger partial charge in [-0.3, -0.25) is 11.7 Å². The lowest BCUT2D eigenvalue weighted by molar-refractivity contribution is 1.14. The Morgan fingerprint density at radius 2 is 0.500 bits per heavy atom. The largest absolute Gasteiger partial charge is 0.331 e. The van der Waals surface area contributed by atoms with E-state index in [1.807, 2.05) is 27.7 Å². The van der Waals surface area contributed by atoms with Crippen molar-refractivity contribution < 1.29 is 0 Å². The minimum Gasteiger partial charge on any atom is -0.331 e. The number of hydrazine groups is 1. The van der Waals surface area contributed by atoms with E-state index in [-0.39, 0.29) is 0 Å². The Bertz CT molecular complexity index is 21.8. The van der Waals surface area contributed by atoms with Crippen LogP contribution in [0, 0.1) is 0 Å². The first kappa shape index (κ1) is 29.2. The molecule has 6 heteroatoms. The van der Waals surface area contributed by atoms with Crippen molar-refractivity contribution in [3.63, 3.8) is 0 Å². The van der Waals surface area contributed by atoms with Gasteiger partial charge in [0.2, 0.25) is 0 Å². The first-order valence-corrected chi connectivity index (χ1v) is 4.79. The summed E-state index contributed by atoms with van der Waals surface area (Å²) in [6, 6.07) is 0. The lowest BCUT2D eigenvalue weighted by Crippen LogP contribution is -2.02. The molecule has 6 nitrogen and oxygen atoms in total. The van der Waals surface area contributed by atoms with E-state index < -0.39 is 0 Å². The summed E-state index contributed by atoms with van der Waals surface area (Å²) in [5.41, 5.74) is 19.4. The molecular formula is C8H32N6. The molecule has 0 aliphatic heterocycles. The van der Waals surface area contributed by atoms with Crippen LogP contribution in [0.4, 0.5) is 0 Å². The molecule has 0 saturated heterocycles. The minimum atomic E-state index is 0.750. The van der Waals surface area contributed by atoms with E-state index in [0.717, 1.165) is 26.2 Å². The molecule has 0 aliphatic carbocycles. The third kappa shape index (κ3) is 23600. The zero-order valence-electron chi connectivity index (χ0n) is 10.3. The van der Waals surface area contributed by atoms with Crippen molar-refractivity contribution >= 4 is 0 Å². The van der Waals surface area contributed by atoms with Crippen LogP contribution in [0.1, 0.15) is 27.7 Å². The second kappa shape index (κ2) is 125. The molecule has 0 aromatic rings. The second-order valence-electron chi connectivity index (χ2n) is 1.63. The molecule has 0 aliphatic rings. The van der Waals surface area contributed by atoms with Crippen LogP contribution >= 0.6 is 0 Å². The third-order valence-corrected chi connectivity index (χ3v) is 0. The monoisotopic (exact) mass is 212 g/mol. The third-order valence-electron chi connectivity index (χ3n) is 0. The summed E-state index contributed by atoms with van der Waals surface area (Å²) >= 11 is 0. The van der Waals surface area contributed by atoms with Crippen LogP contribution in [0.5, 0.6) is 0 Å². The second-order valence-corrected chi connectivity index (χ2v) is 1.63. The molecule has 0 amide bonds. The van der Waals surface area contributed by atoms with E-state index in [1.165, 1.54) is 0 Å².